The average molecular weight is 771 g/mol. The van der Waals surface area contributed by atoms with Gasteiger partial charge in [-0.25, -0.2) is 0 Å². The molecule has 11 rings (SSSR count). The molecule has 1 nitrogen and oxygen atoms in total. The van der Waals surface area contributed by atoms with Crippen LogP contribution in [0.4, 0.5) is 17.1 Å². The molecule has 0 unspecified atom stereocenters. The average Bonchev–Trinajstić information content (AvgIpc) is 3.81. The van der Waals surface area contributed by atoms with Crippen molar-refractivity contribution in [3.63, 3.8) is 0 Å². The van der Waals surface area contributed by atoms with Crippen LogP contribution in [0.1, 0.15) is 20.6 Å². The summed E-state index contributed by atoms with van der Waals surface area (Å²) in [7, 11) is 0. The van der Waals surface area contributed by atoms with E-state index >= 15 is 0 Å². The summed E-state index contributed by atoms with van der Waals surface area (Å²) in [6, 6.07) is 32.2. The van der Waals surface area contributed by atoms with Crippen LogP contribution in [0.3, 0.4) is 0 Å². The van der Waals surface area contributed by atoms with Gasteiger partial charge in [-0.1, -0.05) is 194 Å². The van der Waals surface area contributed by atoms with Gasteiger partial charge in [-0.2, -0.15) is 0 Å². The van der Waals surface area contributed by atoms with Gasteiger partial charge in [-0.3, -0.25) is 0 Å². The first-order chi connectivity index (χ1) is 35.0. The van der Waals surface area contributed by atoms with Gasteiger partial charge in [0.15, 0.2) is 0 Å². The predicted octanol–water partition coefficient (Wildman–Crippen LogP) is 16.5. The van der Waals surface area contributed by atoms with Gasteiger partial charge in [-0.05, 0) is 96.3 Å². The molecule has 0 saturated heterocycles. The van der Waals surface area contributed by atoms with Crippen LogP contribution in [-0.2, 0) is 0 Å². The van der Waals surface area contributed by atoms with Crippen LogP contribution in [0, 0.1) is 0 Å². The fourth-order valence-corrected chi connectivity index (χ4v) is 9.07. The summed E-state index contributed by atoms with van der Waals surface area (Å²) in [6.45, 7) is 0. The first-order valence-corrected chi connectivity index (χ1v) is 19.4. The second-order valence-corrected chi connectivity index (χ2v) is 14.7. The predicted molar refractivity (Wildman–Crippen MR) is 251 cm³/mol. The lowest BCUT2D eigenvalue weighted by molar-refractivity contribution is 1.30. The van der Waals surface area contributed by atoms with E-state index in [4.69, 9.17) is 12.3 Å². The van der Waals surface area contributed by atoms with Gasteiger partial charge >= 0.3 is 0 Å². The zero-order valence-electron chi connectivity index (χ0n) is 45.6. The van der Waals surface area contributed by atoms with Gasteiger partial charge in [0, 0.05) is 26.8 Å². The third-order valence-electron chi connectivity index (χ3n) is 10.4. The molecule has 0 saturated carbocycles. The maximum Gasteiger partial charge on any atom is 0.0645 e. The molecule has 58 heavy (non-hydrogen) atoms. The highest BCUT2D eigenvalue weighted by Gasteiger charge is 2.20. The molecule has 2 heteroatoms. The van der Waals surface area contributed by atoms with Crippen LogP contribution in [-0.4, -0.2) is 0 Å². The standard InChI is InChI=1S/C56H37NS/c1-3-14-38(15-4-1)46-20-11-12-21-47(46)41-26-32-44(33-27-41)57(53-25-13-24-51-52-37-31-40-17-8-10-23-50(40)55(52)58-56(51)53)45-34-28-42(29-35-45)49-36-30-39-16-7-9-22-48(39)54(49)43-18-5-2-6-19-43/h1-37H/i2D,5D,6D,7D,9D,16D,18D,19D,22D,28D,29D,30D,34D,35D,36D. The number of anilines is 3. The molecule has 0 bridgehead atoms. The molecular formula is C56H37NS. The van der Waals surface area contributed by atoms with Crippen LogP contribution < -0.4 is 4.90 Å². The summed E-state index contributed by atoms with van der Waals surface area (Å²) >= 11 is 1.53. The van der Waals surface area contributed by atoms with Crippen molar-refractivity contribution < 1.29 is 20.6 Å². The van der Waals surface area contributed by atoms with Crippen molar-refractivity contribution in [2.24, 2.45) is 0 Å². The quantitative estimate of drug-likeness (QED) is 0.156. The lowest BCUT2D eigenvalue weighted by atomic mass is 9.90. The molecule has 0 atom stereocenters. The highest BCUT2D eigenvalue weighted by molar-refractivity contribution is 7.27. The van der Waals surface area contributed by atoms with Crippen molar-refractivity contribution in [1.29, 1.82) is 0 Å². The minimum absolute atomic E-state index is 0.185. The Balaban J connectivity index is 1.22. The topological polar surface area (TPSA) is 3.24 Å². The van der Waals surface area contributed by atoms with Crippen molar-refractivity contribution >= 4 is 70.1 Å². The molecule has 11 aromatic rings. The number of rotatable bonds is 7. The number of nitrogens with zero attached hydrogens (tertiary/aromatic N) is 1. The van der Waals surface area contributed by atoms with Crippen LogP contribution in [0.2, 0.25) is 0 Å². The molecule has 10 aromatic carbocycles. The molecule has 0 radical (unpaired) electrons. The Labute approximate surface area is 363 Å². The normalized spacial score (nSPS) is 15.1. The summed E-state index contributed by atoms with van der Waals surface area (Å²) in [5.74, 6) is 0. The molecule has 0 N–H and O–H groups in total. The third kappa shape index (κ3) is 5.86. The van der Waals surface area contributed by atoms with Crippen LogP contribution >= 0.6 is 11.3 Å². The van der Waals surface area contributed by atoms with Crippen molar-refractivity contribution in [2.45, 2.75) is 0 Å². The van der Waals surface area contributed by atoms with E-state index in [-0.39, 0.29) is 5.69 Å². The zero-order valence-corrected chi connectivity index (χ0v) is 31.4. The SMILES string of the molecule is [2H]c1c([2H])c([2H])c(-c2c(-c3c([2H])c([2H])c(N(c4ccc(-c5ccccc5-c5ccccc5)cc4)c4cccc5c4sc4c6ccccc6ccc54)c([2H])c3[2H])c([2H])c([2H])c3c([2H])c([2H])c([2H])c([2H])c23)c([2H])c1[2H]. The van der Waals surface area contributed by atoms with Crippen molar-refractivity contribution in [2.75, 3.05) is 4.90 Å². The number of thiophene rings is 1. The van der Waals surface area contributed by atoms with Gasteiger partial charge in [0.25, 0.3) is 0 Å². The van der Waals surface area contributed by atoms with E-state index in [1.807, 2.05) is 115 Å². The van der Waals surface area contributed by atoms with Crippen LogP contribution in [0.25, 0.3) is 86.2 Å². The maximum atomic E-state index is 9.94. The number of hydrogen-bond donors (Lipinski definition) is 0. The maximum absolute atomic E-state index is 9.94. The second kappa shape index (κ2) is 14.4. The molecule has 0 aliphatic heterocycles. The zero-order chi connectivity index (χ0) is 51.5. The molecule has 1 heterocycles. The van der Waals surface area contributed by atoms with Crippen molar-refractivity contribution in [1.82, 2.24) is 0 Å². The van der Waals surface area contributed by atoms with E-state index in [2.05, 4.69) is 18.2 Å². The van der Waals surface area contributed by atoms with Gasteiger partial charge < -0.3 is 4.90 Å². The monoisotopic (exact) mass is 770 g/mol. The Morgan fingerprint density at radius 2 is 1.02 bits per heavy atom. The lowest BCUT2D eigenvalue weighted by Gasteiger charge is -2.27. The second-order valence-electron chi connectivity index (χ2n) is 13.7. The van der Waals surface area contributed by atoms with E-state index in [1.165, 1.54) is 11.3 Å². The summed E-state index contributed by atoms with van der Waals surface area (Å²) in [5.41, 5.74) is 2.38. The van der Waals surface area contributed by atoms with E-state index in [0.717, 1.165) is 53.2 Å². The summed E-state index contributed by atoms with van der Waals surface area (Å²) in [6.07, 6.45) is 0. The summed E-state index contributed by atoms with van der Waals surface area (Å²) < 4.78 is 139. The minimum atomic E-state index is -0.810. The number of benzene rings is 10. The summed E-state index contributed by atoms with van der Waals surface area (Å²) in [5, 5.41) is 2.97. The lowest BCUT2D eigenvalue weighted by Crippen LogP contribution is -2.10. The number of hydrogen-bond acceptors (Lipinski definition) is 2. The molecule has 0 fully saturated rings. The third-order valence-corrected chi connectivity index (χ3v) is 11.7. The molecule has 0 spiro atoms. The Morgan fingerprint density at radius 3 is 1.83 bits per heavy atom. The fraction of sp³-hybridized carbons (Fsp3) is 0. The van der Waals surface area contributed by atoms with Crippen molar-refractivity contribution in [3.05, 3.63) is 224 Å². The van der Waals surface area contributed by atoms with E-state index in [9.17, 15) is 8.22 Å². The Morgan fingerprint density at radius 1 is 0.345 bits per heavy atom. The molecule has 1 aromatic heterocycles. The highest BCUT2D eigenvalue weighted by Crippen LogP contribution is 2.47. The first-order valence-electron chi connectivity index (χ1n) is 26.1. The van der Waals surface area contributed by atoms with Gasteiger partial charge in [0.2, 0.25) is 0 Å². The number of fused-ring (bicyclic) bond motifs is 6. The molecule has 0 aliphatic rings. The molecule has 0 amide bonds. The minimum Gasteiger partial charge on any atom is -0.309 e. The van der Waals surface area contributed by atoms with E-state index in [0.29, 0.717) is 11.4 Å². The Kier molecular flexibility index (Phi) is 5.41. The largest absolute Gasteiger partial charge is 0.309 e. The Bertz CT molecular complexity index is 4100. The van der Waals surface area contributed by atoms with Crippen LogP contribution in [0.5, 0.6) is 0 Å². The van der Waals surface area contributed by atoms with E-state index in [1.54, 1.807) is 4.90 Å². The summed E-state index contributed by atoms with van der Waals surface area (Å²) in [4.78, 5) is 1.67. The van der Waals surface area contributed by atoms with Gasteiger partial charge in [-0.15, -0.1) is 11.3 Å². The van der Waals surface area contributed by atoms with Crippen molar-refractivity contribution in [3.8, 4) is 44.5 Å². The molecule has 272 valence electrons. The smallest absolute Gasteiger partial charge is 0.0645 e. The fourth-order valence-electron chi connectivity index (χ4n) is 7.73. The first kappa shape index (κ1) is 21.9. The molecule has 0 aliphatic carbocycles. The van der Waals surface area contributed by atoms with Crippen LogP contribution in [0.15, 0.2) is 224 Å². The van der Waals surface area contributed by atoms with Gasteiger partial charge in [0.05, 0.1) is 30.9 Å². The van der Waals surface area contributed by atoms with E-state index < -0.39 is 124 Å². The van der Waals surface area contributed by atoms with Gasteiger partial charge in [0.1, 0.15) is 0 Å². The Hall–Kier alpha value is -7.26. The highest BCUT2D eigenvalue weighted by atomic mass is 32.1. The molecular weight excluding hydrogens is 719 g/mol.